The zero-order chi connectivity index (χ0) is 13.5. The summed E-state index contributed by atoms with van der Waals surface area (Å²) in [5.41, 5.74) is 8.11. The van der Waals surface area contributed by atoms with Crippen LogP contribution >= 0.6 is 0 Å². The molecule has 18 heavy (non-hydrogen) atoms. The van der Waals surface area contributed by atoms with E-state index in [4.69, 9.17) is 5.73 Å². The minimum atomic E-state index is -0.389. The Bertz CT molecular complexity index is 421. The molecule has 1 aromatic carbocycles. The first kappa shape index (κ1) is 14.5. The number of benzene rings is 1. The van der Waals surface area contributed by atoms with Gasteiger partial charge in [0.1, 0.15) is 0 Å². The van der Waals surface area contributed by atoms with Crippen molar-refractivity contribution in [2.45, 2.75) is 33.2 Å². The van der Waals surface area contributed by atoms with Gasteiger partial charge in [0.25, 0.3) is 0 Å². The number of carbonyl (C=O) groups is 1. The molecule has 1 atom stereocenters. The van der Waals surface area contributed by atoms with Crippen molar-refractivity contribution in [3.8, 4) is 0 Å². The molecule has 0 aromatic heterocycles. The van der Waals surface area contributed by atoms with Crippen LogP contribution in [0.5, 0.6) is 0 Å². The molecule has 0 radical (unpaired) electrons. The van der Waals surface area contributed by atoms with Gasteiger partial charge in [-0.25, -0.2) is 0 Å². The van der Waals surface area contributed by atoms with Crippen LogP contribution in [0.25, 0.3) is 6.08 Å². The van der Waals surface area contributed by atoms with Crippen molar-refractivity contribution in [1.29, 1.82) is 0 Å². The summed E-state index contributed by atoms with van der Waals surface area (Å²) in [5.74, 6) is -0.389. The molecule has 0 aliphatic heterocycles. The van der Waals surface area contributed by atoms with Crippen molar-refractivity contribution in [2.75, 3.05) is 6.54 Å². The van der Waals surface area contributed by atoms with Crippen molar-refractivity contribution >= 4 is 12.0 Å². The molecule has 0 heterocycles. The Labute approximate surface area is 109 Å². The van der Waals surface area contributed by atoms with Crippen LogP contribution in [0.4, 0.5) is 0 Å². The van der Waals surface area contributed by atoms with Crippen LogP contribution in [0, 0.1) is 0 Å². The predicted molar refractivity (Wildman–Crippen MR) is 76.4 cm³/mol. The van der Waals surface area contributed by atoms with Crippen molar-refractivity contribution < 1.29 is 4.79 Å². The van der Waals surface area contributed by atoms with E-state index in [1.807, 2.05) is 12.1 Å². The molecule has 3 nitrogen and oxygen atoms in total. The summed E-state index contributed by atoms with van der Waals surface area (Å²) < 4.78 is 0. The Morgan fingerprint density at radius 1 is 1.39 bits per heavy atom. The number of rotatable bonds is 6. The van der Waals surface area contributed by atoms with Crippen LogP contribution in [0.1, 0.15) is 43.1 Å². The molecule has 0 fully saturated rings. The van der Waals surface area contributed by atoms with Crippen molar-refractivity contribution in [3.63, 3.8) is 0 Å². The summed E-state index contributed by atoms with van der Waals surface area (Å²) in [5, 5.41) is 3.44. The average Bonchev–Trinajstić information content (AvgIpc) is 2.36. The molecule has 1 unspecified atom stereocenters. The van der Waals surface area contributed by atoms with Gasteiger partial charge in [-0.3, -0.25) is 4.79 Å². The van der Waals surface area contributed by atoms with E-state index in [9.17, 15) is 4.79 Å². The Morgan fingerprint density at radius 3 is 2.50 bits per heavy atom. The Morgan fingerprint density at radius 2 is 2.00 bits per heavy atom. The standard InChI is InChI=1S/C15H22N2O/c1-4-9-17-12(3)11(2)10-13-5-7-14(8-6-13)15(16)18/h5-8,10,12,17H,4,9H2,1-3H3,(H2,16,18)/b11-10+. The molecular formula is C15H22N2O. The van der Waals surface area contributed by atoms with Gasteiger partial charge in [0.05, 0.1) is 0 Å². The molecule has 0 saturated carbocycles. The highest BCUT2D eigenvalue weighted by Gasteiger charge is 2.03. The van der Waals surface area contributed by atoms with Crippen LogP contribution in [0.2, 0.25) is 0 Å². The molecule has 1 aromatic rings. The number of hydrogen-bond acceptors (Lipinski definition) is 2. The summed E-state index contributed by atoms with van der Waals surface area (Å²) in [6, 6.07) is 7.70. The molecule has 0 bridgehead atoms. The maximum atomic E-state index is 11.0. The second-order valence-corrected chi connectivity index (χ2v) is 4.55. The molecule has 1 rings (SSSR count). The minimum Gasteiger partial charge on any atom is -0.366 e. The third kappa shape index (κ3) is 4.34. The monoisotopic (exact) mass is 246 g/mol. The third-order valence-electron chi connectivity index (χ3n) is 2.97. The maximum Gasteiger partial charge on any atom is 0.248 e. The van der Waals surface area contributed by atoms with Crippen LogP contribution in [-0.2, 0) is 0 Å². The number of hydrogen-bond donors (Lipinski definition) is 2. The SMILES string of the molecule is CCCNC(C)/C(C)=C/c1ccc(C(N)=O)cc1. The van der Waals surface area contributed by atoms with E-state index in [0.717, 1.165) is 18.5 Å². The van der Waals surface area contributed by atoms with Gasteiger partial charge in [-0.05, 0) is 44.5 Å². The van der Waals surface area contributed by atoms with Crippen molar-refractivity contribution in [3.05, 3.63) is 41.0 Å². The van der Waals surface area contributed by atoms with Gasteiger partial charge in [0.2, 0.25) is 5.91 Å². The number of carbonyl (C=O) groups excluding carboxylic acids is 1. The predicted octanol–water partition coefficient (Wildman–Crippen LogP) is 2.58. The van der Waals surface area contributed by atoms with E-state index in [1.54, 1.807) is 12.1 Å². The fourth-order valence-corrected chi connectivity index (χ4v) is 1.65. The lowest BCUT2D eigenvalue weighted by atomic mass is 10.1. The first-order chi connectivity index (χ1) is 8.54. The highest BCUT2D eigenvalue weighted by molar-refractivity contribution is 5.92. The van der Waals surface area contributed by atoms with Gasteiger partial charge < -0.3 is 11.1 Å². The smallest absolute Gasteiger partial charge is 0.248 e. The van der Waals surface area contributed by atoms with Gasteiger partial charge in [-0.2, -0.15) is 0 Å². The number of nitrogens with two attached hydrogens (primary N) is 1. The second kappa shape index (κ2) is 6.97. The zero-order valence-electron chi connectivity index (χ0n) is 11.4. The number of primary amides is 1. The Hall–Kier alpha value is -1.61. The molecule has 0 aliphatic rings. The summed E-state index contributed by atoms with van der Waals surface area (Å²) in [6.07, 6.45) is 3.25. The van der Waals surface area contributed by atoms with E-state index < -0.39 is 0 Å². The van der Waals surface area contributed by atoms with Gasteiger partial charge in [-0.1, -0.05) is 30.7 Å². The van der Waals surface area contributed by atoms with Crippen LogP contribution in [0.3, 0.4) is 0 Å². The summed E-state index contributed by atoms with van der Waals surface area (Å²) in [4.78, 5) is 11.0. The lowest BCUT2D eigenvalue weighted by molar-refractivity contribution is 0.100. The molecule has 3 heteroatoms. The molecule has 1 amide bonds. The highest BCUT2D eigenvalue weighted by atomic mass is 16.1. The first-order valence-electron chi connectivity index (χ1n) is 6.36. The van der Waals surface area contributed by atoms with Gasteiger partial charge in [-0.15, -0.1) is 0 Å². The maximum absolute atomic E-state index is 11.0. The van der Waals surface area contributed by atoms with E-state index in [1.165, 1.54) is 5.57 Å². The summed E-state index contributed by atoms with van der Waals surface area (Å²) >= 11 is 0. The normalized spacial score (nSPS) is 13.4. The van der Waals surface area contributed by atoms with E-state index in [0.29, 0.717) is 11.6 Å². The fourth-order valence-electron chi connectivity index (χ4n) is 1.65. The topological polar surface area (TPSA) is 55.1 Å². The van der Waals surface area contributed by atoms with Crippen molar-refractivity contribution in [2.24, 2.45) is 5.73 Å². The van der Waals surface area contributed by atoms with Crippen LogP contribution in [0.15, 0.2) is 29.8 Å². The summed E-state index contributed by atoms with van der Waals surface area (Å²) in [7, 11) is 0. The average molecular weight is 246 g/mol. The molecular weight excluding hydrogens is 224 g/mol. The van der Waals surface area contributed by atoms with Gasteiger partial charge >= 0.3 is 0 Å². The Balaban J connectivity index is 2.72. The quantitative estimate of drug-likeness (QED) is 0.810. The molecule has 98 valence electrons. The highest BCUT2D eigenvalue weighted by Crippen LogP contribution is 2.11. The first-order valence-corrected chi connectivity index (χ1v) is 6.36. The van der Waals surface area contributed by atoms with E-state index >= 15 is 0 Å². The van der Waals surface area contributed by atoms with E-state index in [2.05, 4.69) is 32.2 Å². The van der Waals surface area contributed by atoms with Crippen LogP contribution in [-0.4, -0.2) is 18.5 Å². The number of nitrogens with one attached hydrogen (secondary N) is 1. The molecule has 0 saturated heterocycles. The minimum absolute atomic E-state index is 0.362. The largest absolute Gasteiger partial charge is 0.366 e. The lowest BCUT2D eigenvalue weighted by Gasteiger charge is -2.14. The zero-order valence-corrected chi connectivity index (χ0v) is 11.4. The number of amides is 1. The Kier molecular flexibility index (Phi) is 5.59. The second-order valence-electron chi connectivity index (χ2n) is 4.55. The fraction of sp³-hybridized carbons (Fsp3) is 0.400. The van der Waals surface area contributed by atoms with Gasteiger partial charge in [0, 0.05) is 11.6 Å². The molecule has 3 N–H and O–H groups in total. The van der Waals surface area contributed by atoms with Crippen LogP contribution < -0.4 is 11.1 Å². The van der Waals surface area contributed by atoms with E-state index in [-0.39, 0.29) is 5.91 Å². The van der Waals surface area contributed by atoms with Crippen molar-refractivity contribution in [1.82, 2.24) is 5.32 Å². The third-order valence-corrected chi connectivity index (χ3v) is 2.97. The van der Waals surface area contributed by atoms with Gasteiger partial charge in [0.15, 0.2) is 0 Å². The molecule has 0 spiro atoms. The lowest BCUT2D eigenvalue weighted by Crippen LogP contribution is -2.27. The summed E-state index contributed by atoms with van der Waals surface area (Å²) in [6.45, 7) is 7.43. The molecule has 0 aliphatic carbocycles.